The lowest BCUT2D eigenvalue weighted by atomic mass is 10.1. The second-order valence-corrected chi connectivity index (χ2v) is 4.24. The molecule has 0 bridgehead atoms. The molecule has 1 aliphatic rings. The molecule has 0 aliphatic carbocycles. The highest BCUT2D eigenvalue weighted by atomic mass is 19.1. The van der Waals surface area contributed by atoms with Gasteiger partial charge in [-0.25, -0.2) is 4.39 Å². The lowest BCUT2D eigenvalue weighted by Crippen LogP contribution is -2.30. The van der Waals surface area contributed by atoms with E-state index in [-0.39, 0.29) is 17.8 Å². The molecule has 1 aromatic carbocycles. The van der Waals surface area contributed by atoms with Gasteiger partial charge in [0, 0.05) is 7.05 Å². The summed E-state index contributed by atoms with van der Waals surface area (Å²) < 4.78 is 14.9. The van der Waals surface area contributed by atoms with E-state index >= 15 is 0 Å². The first-order chi connectivity index (χ1) is 9.08. The van der Waals surface area contributed by atoms with Gasteiger partial charge in [0.05, 0.1) is 17.8 Å². The standard InChI is InChI=1S/C12H9FN4O2/c1-16-6-14-15-10(16)5-17-9-4-7(13)2-3-8(9)11(18)12(17)19/h2-4,6H,5H2,1H3. The Kier molecular flexibility index (Phi) is 2.41. The molecule has 96 valence electrons. The Morgan fingerprint density at radius 1 is 1.32 bits per heavy atom. The molecule has 0 saturated heterocycles. The van der Waals surface area contributed by atoms with E-state index in [1.54, 1.807) is 11.6 Å². The number of halogens is 1. The van der Waals surface area contributed by atoms with Crippen LogP contribution in [0.2, 0.25) is 0 Å². The van der Waals surface area contributed by atoms with Gasteiger partial charge in [-0.3, -0.25) is 14.5 Å². The van der Waals surface area contributed by atoms with Crippen molar-refractivity contribution in [2.75, 3.05) is 4.90 Å². The maximum Gasteiger partial charge on any atom is 0.299 e. The minimum atomic E-state index is -0.677. The number of aromatic nitrogens is 3. The number of carbonyl (C=O) groups excluding carboxylic acids is 2. The van der Waals surface area contributed by atoms with E-state index in [9.17, 15) is 14.0 Å². The maximum absolute atomic E-state index is 13.3. The summed E-state index contributed by atoms with van der Waals surface area (Å²) in [5.74, 6) is -1.29. The quantitative estimate of drug-likeness (QED) is 0.745. The van der Waals surface area contributed by atoms with Crippen LogP contribution in [0, 0.1) is 5.82 Å². The Bertz CT molecular complexity index is 695. The van der Waals surface area contributed by atoms with E-state index in [0.717, 1.165) is 6.07 Å². The van der Waals surface area contributed by atoms with Crippen molar-refractivity contribution >= 4 is 17.4 Å². The van der Waals surface area contributed by atoms with Gasteiger partial charge in [0.25, 0.3) is 11.7 Å². The third-order valence-electron chi connectivity index (χ3n) is 3.04. The number of hydrogen-bond acceptors (Lipinski definition) is 4. The molecule has 1 aliphatic heterocycles. The van der Waals surface area contributed by atoms with Crippen molar-refractivity contribution in [1.82, 2.24) is 14.8 Å². The van der Waals surface area contributed by atoms with Crippen LogP contribution in [0.5, 0.6) is 0 Å². The van der Waals surface area contributed by atoms with Crippen LogP contribution >= 0.6 is 0 Å². The van der Waals surface area contributed by atoms with Crippen molar-refractivity contribution in [1.29, 1.82) is 0 Å². The Balaban J connectivity index is 2.04. The predicted octanol–water partition coefficient (Wildman–Crippen LogP) is 0.684. The first-order valence-electron chi connectivity index (χ1n) is 5.56. The number of amides is 1. The molecule has 19 heavy (non-hydrogen) atoms. The first-order valence-corrected chi connectivity index (χ1v) is 5.56. The molecule has 1 amide bonds. The van der Waals surface area contributed by atoms with Gasteiger partial charge in [0.15, 0.2) is 5.82 Å². The number of aryl methyl sites for hydroxylation is 1. The third kappa shape index (κ3) is 1.70. The average Bonchev–Trinajstić information content (AvgIpc) is 2.88. The van der Waals surface area contributed by atoms with Crippen molar-refractivity contribution in [2.45, 2.75) is 6.54 Å². The zero-order chi connectivity index (χ0) is 13.6. The van der Waals surface area contributed by atoms with Crippen LogP contribution in [0.1, 0.15) is 16.2 Å². The number of fused-ring (bicyclic) bond motifs is 1. The molecule has 0 fully saturated rings. The largest absolute Gasteiger partial charge is 0.319 e. The number of benzene rings is 1. The van der Waals surface area contributed by atoms with Gasteiger partial charge in [-0.1, -0.05) is 0 Å². The summed E-state index contributed by atoms with van der Waals surface area (Å²) in [6, 6.07) is 3.66. The van der Waals surface area contributed by atoms with Gasteiger partial charge in [0.2, 0.25) is 0 Å². The summed E-state index contributed by atoms with van der Waals surface area (Å²) in [6.45, 7) is 0.0809. The average molecular weight is 260 g/mol. The van der Waals surface area contributed by atoms with Crippen LogP contribution in [0.4, 0.5) is 10.1 Å². The van der Waals surface area contributed by atoms with Crippen LogP contribution in [0.3, 0.4) is 0 Å². The Morgan fingerprint density at radius 2 is 2.11 bits per heavy atom. The molecule has 2 aromatic rings. The van der Waals surface area contributed by atoms with Crippen LogP contribution < -0.4 is 4.90 Å². The number of Topliss-reactive ketones (excluding diaryl/α,β-unsaturated/α-hetero) is 1. The fourth-order valence-electron chi connectivity index (χ4n) is 2.02. The topological polar surface area (TPSA) is 68.1 Å². The first kappa shape index (κ1) is 11.5. The summed E-state index contributed by atoms with van der Waals surface area (Å²) >= 11 is 0. The van der Waals surface area contributed by atoms with Crippen molar-refractivity contribution < 1.29 is 14.0 Å². The van der Waals surface area contributed by atoms with Gasteiger partial charge < -0.3 is 4.57 Å². The lowest BCUT2D eigenvalue weighted by Gasteiger charge is -2.15. The summed E-state index contributed by atoms with van der Waals surface area (Å²) in [4.78, 5) is 24.9. The zero-order valence-corrected chi connectivity index (χ0v) is 10.00. The molecule has 0 spiro atoms. The van der Waals surface area contributed by atoms with Crippen LogP contribution in [0.25, 0.3) is 0 Å². The molecule has 6 nitrogen and oxygen atoms in total. The predicted molar refractivity (Wildman–Crippen MR) is 62.9 cm³/mol. The Hall–Kier alpha value is -2.57. The molecule has 0 saturated carbocycles. The van der Waals surface area contributed by atoms with Gasteiger partial charge in [-0.15, -0.1) is 10.2 Å². The summed E-state index contributed by atoms with van der Waals surface area (Å²) in [5.41, 5.74) is 0.492. The highest BCUT2D eigenvalue weighted by molar-refractivity contribution is 6.52. The minimum absolute atomic E-state index is 0.0809. The molecule has 0 atom stereocenters. The van der Waals surface area contributed by atoms with E-state index < -0.39 is 17.5 Å². The molecular formula is C12H9FN4O2. The molecule has 2 heterocycles. The van der Waals surface area contributed by atoms with E-state index in [2.05, 4.69) is 10.2 Å². The Labute approximate surface area is 107 Å². The zero-order valence-electron chi connectivity index (χ0n) is 10.00. The van der Waals surface area contributed by atoms with Crippen molar-refractivity contribution in [2.24, 2.45) is 7.05 Å². The number of hydrogen-bond donors (Lipinski definition) is 0. The normalized spacial score (nSPS) is 14.1. The van der Waals surface area contributed by atoms with Crippen LogP contribution in [-0.4, -0.2) is 26.5 Å². The van der Waals surface area contributed by atoms with E-state index in [1.165, 1.54) is 23.4 Å². The second kappa shape index (κ2) is 3.98. The highest BCUT2D eigenvalue weighted by Gasteiger charge is 2.36. The van der Waals surface area contributed by atoms with Crippen molar-refractivity contribution in [3.8, 4) is 0 Å². The lowest BCUT2D eigenvalue weighted by molar-refractivity contribution is -0.114. The monoisotopic (exact) mass is 260 g/mol. The molecular weight excluding hydrogens is 251 g/mol. The minimum Gasteiger partial charge on any atom is -0.319 e. The summed E-state index contributed by atoms with van der Waals surface area (Å²) in [6.07, 6.45) is 1.49. The number of anilines is 1. The van der Waals surface area contributed by atoms with Crippen LogP contribution in [-0.2, 0) is 18.4 Å². The number of ketones is 1. The second-order valence-electron chi connectivity index (χ2n) is 4.24. The van der Waals surface area contributed by atoms with Crippen LogP contribution in [0.15, 0.2) is 24.5 Å². The molecule has 7 heteroatoms. The van der Waals surface area contributed by atoms with E-state index in [0.29, 0.717) is 5.82 Å². The molecule has 0 unspecified atom stereocenters. The van der Waals surface area contributed by atoms with Gasteiger partial charge in [-0.05, 0) is 18.2 Å². The summed E-state index contributed by atoms with van der Waals surface area (Å²) in [5, 5.41) is 7.55. The molecule has 1 aromatic heterocycles. The summed E-state index contributed by atoms with van der Waals surface area (Å²) in [7, 11) is 1.73. The molecule has 0 radical (unpaired) electrons. The maximum atomic E-state index is 13.3. The van der Waals surface area contributed by atoms with Gasteiger partial charge >= 0.3 is 0 Å². The van der Waals surface area contributed by atoms with E-state index in [1.807, 2.05) is 0 Å². The number of carbonyl (C=O) groups is 2. The molecule has 0 N–H and O–H groups in total. The Morgan fingerprint density at radius 3 is 2.79 bits per heavy atom. The fraction of sp³-hybridized carbons (Fsp3) is 0.167. The fourth-order valence-corrected chi connectivity index (χ4v) is 2.02. The highest BCUT2D eigenvalue weighted by Crippen LogP contribution is 2.30. The third-order valence-corrected chi connectivity index (χ3v) is 3.04. The van der Waals surface area contributed by atoms with Crippen molar-refractivity contribution in [3.05, 3.63) is 41.7 Å². The molecule has 3 rings (SSSR count). The van der Waals surface area contributed by atoms with Crippen molar-refractivity contribution in [3.63, 3.8) is 0 Å². The van der Waals surface area contributed by atoms with E-state index in [4.69, 9.17) is 0 Å². The number of nitrogens with zero attached hydrogens (tertiary/aromatic N) is 4. The number of rotatable bonds is 2. The van der Waals surface area contributed by atoms with Gasteiger partial charge in [-0.2, -0.15) is 0 Å². The van der Waals surface area contributed by atoms with Gasteiger partial charge in [0.1, 0.15) is 12.1 Å². The SMILES string of the molecule is Cn1cnnc1CN1C(=O)C(=O)c2ccc(F)cc21. The smallest absolute Gasteiger partial charge is 0.299 e.